The second-order valence-electron chi connectivity index (χ2n) is 6.04. The van der Waals surface area contributed by atoms with E-state index < -0.39 is 10.8 Å². The van der Waals surface area contributed by atoms with E-state index in [-0.39, 0.29) is 17.3 Å². The number of nitrogens with zero attached hydrogens (tertiary/aromatic N) is 4. The lowest BCUT2D eigenvalue weighted by atomic mass is 10.2. The van der Waals surface area contributed by atoms with E-state index in [1.807, 2.05) is 37.3 Å². The van der Waals surface area contributed by atoms with Crippen LogP contribution in [0.3, 0.4) is 0 Å². The first-order chi connectivity index (χ1) is 14.5. The van der Waals surface area contributed by atoms with E-state index >= 15 is 0 Å². The van der Waals surface area contributed by atoms with Gasteiger partial charge in [-0.05, 0) is 43.3 Å². The van der Waals surface area contributed by atoms with Crippen molar-refractivity contribution in [3.63, 3.8) is 0 Å². The number of anilines is 3. The fourth-order valence-corrected chi connectivity index (χ4v) is 2.82. The van der Waals surface area contributed by atoms with Gasteiger partial charge in [-0.1, -0.05) is 18.2 Å². The van der Waals surface area contributed by atoms with Crippen LogP contribution in [0.15, 0.2) is 60.9 Å². The Morgan fingerprint density at radius 3 is 2.43 bits per heavy atom. The third-order valence-electron chi connectivity index (χ3n) is 4.27. The maximum Gasteiger partial charge on any atom is 0.355 e. The summed E-state index contributed by atoms with van der Waals surface area (Å²) in [6.45, 7) is 2.30. The minimum atomic E-state index is -0.581. The Balaban J connectivity index is 1.87. The molecular weight excluding hydrogens is 388 g/mol. The zero-order valence-electron chi connectivity index (χ0n) is 16.4. The van der Waals surface area contributed by atoms with Crippen molar-refractivity contribution in [2.45, 2.75) is 6.92 Å². The van der Waals surface area contributed by atoms with Gasteiger partial charge in [0.25, 0.3) is 5.91 Å². The summed E-state index contributed by atoms with van der Waals surface area (Å²) in [6.07, 6.45) is 1.20. The Morgan fingerprint density at radius 1 is 1.13 bits per heavy atom. The molecule has 0 saturated carbocycles. The SMILES string of the molecule is CCN(c1ccccc1)c1ncnc(NNC(=O)c2ccc(OC)cc2)c1[N+](=O)[O-]. The van der Waals surface area contributed by atoms with Crippen molar-refractivity contribution < 1.29 is 14.5 Å². The summed E-state index contributed by atoms with van der Waals surface area (Å²) in [7, 11) is 1.53. The fourth-order valence-electron chi connectivity index (χ4n) is 2.82. The van der Waals surface area contributed by atoms with E-state index in [9.17, 15) is 14.9 Å². The van der Waals surface area contributed by atoms with Crippen molar-refractivity contribution in [1.82, 2.24) is 15.4 Å². The molecular formula is C20H20N6O4. The topological polar surface area (TPSA) is 123 Å². The number of carbonyl (C=O) groups excluding carboxylic acids is 1. The van der Waals surface area contributed by atoms with E-state index in [0.29, 0.717) is 17.9 Å². The van der Waals surface area contributed by atoms with E-state index in [0.717, 1.165) is 5.69 Å². The molecule has 1 amide bonds. The normalized spacial score (nSPS) is 10.2. The molecule has 3 aromatic rings. The summed E-state index contributed by atoms with van der Waals surface area (Å²) in [6, 6.07) is 15.6. The van der Waals surface area contributed by atoms with Crippen LogP contribution in [0.25, 0.3) is 0 Å². The Bertz CT molecular complexity index is 1030. The van der Waals surface area contributed by atoms with Crippen LogP contribution >= 0.6 is 0 Å². The molecule has 1 heterocycles. The Labute approximate surface area is 172 Å². The largest absolute Gasteiger partial charge is 0.497 e. The number of amides is 1. The molecule has 0 aliphatic rings. The molecule has 0 bridgehead atoms. The average Bonchev–Trinajstić information content (AvgIpc) is 2.78. The zero-order valence-corrected chi connectivity index (χ0v) is 16.4. The molecule has 10 nitrogen and oxygen atoms in total. The number of nitrogens with one attached hydrogen (secondary N) is 2. The molecule has 0 spiro atoms. The lowest BCUT2D eigenvalue weighted by Crippen LogP contribution is -2.30. The molecule has 0 radical (unpaired) electrons. The molecule has 2 aromatic carbocycles. The predicted octanol–water partition coefficient (Wildman–Crippen LogP) is 3.31. The summed E-state index contributed by atoms with van der Waals surface area (Å²) >= 11 is 0. The van der Waals surface area contributed by atoms with Crippen molar-refractivity contribution in [2.24, 2.45) is 0 Å². The number of hydrogen-bond donors (Lipinski definition) is 2. The van der Waals surface area contributed by atoms with E-state index in [4.69, 9.17) is 4.74 Å². The second-order valence-corrected chi connectivity index (χ2v) is 6.04. The van der Waals surface area contributed by atoms with Crippen LogP contribution in [0.2, 0.25) is 0 Å². The van der Waals surface area contributed by atoms with Crippen molar-refractivity contribution in [2.75, 3.05) is 24.0 Å². The van der Waals surface area contributed by atoms with Gasteiger partial charge in [-0.3, -0.25) is 25.8 Å². The van der Waals surface area contributed by atoms with Crippen LogP contribution in [0.4, 0.5) is 23.0 Å². The Hall–Kier alpha value is -4.21. The summed E-state index contributed by atoms with van der Waals surface area (Å²) in [5.41, 5.74) is 5.71. The van der Waals surface area contributed by atoms with Gasteiger partial charge in [0.2, 0.25) is 11.6 Å². The molecule has 0 aliphatic heterocycles. The molecule has 0 atom stereocenters. The summed E-state index contributed by atoms with van der Waals surface area (Å²) in [5, 5.41) is 11.8. The van der Waals surface area contributed by atoms with E-state index in [2.05, 4.69) is 20.8 Å². The number of nitro groups is 1. The zero-order chi connectivity index (χ0) is 21.5. The highest BCUT2D eigenvalue weighted by atomic mass is 16.6. The number of ether oxygens (including phenoxy) is 1. The minimum Gasteiger partial charge on any atom is -0.497 e. The van der Waals surface area contributed by atoms with E-state index in [1.165, 1.54) is 13.4 Å². The summed E-state index contributed by atoms with van der Waals surface area (Å²) < 4.78 is 5.06. The fraction of sp³-hybridized carbons (Fsp3) is 0.150. The Morgan fingerprint density at radius 2 is 1.83 bits per heavy atom. The van der Waals surface area contributed by atoms with Gasteiger partial charge < -0.3 is 9.64 Å². The van der Waals surface area contributed by atoms with Gasteiger partial charge in [0, 0.05) is 17.8 Å². The smallest absolute Gasteiger partial charge is 0.355 e. The van der Waals surface area contributed by atoms with Crippen LogP contribution in [-0.2, 0) is 0 Å². The second kappa shape index (κ2) is 9.32. The van der Waals surface area contributed by atoms with Crippen LogP contribution in [0.5, 0.6) is 5.75 Å². The lowest BCUT2D eigenvalue weighted by molar-refractivity contribution is -0.383. The van der Waals surface area contributed by atoms with Gasteiger partial charge in [0.05, 0.1) is 12.0 Å². The van der Waals surface area contributed by atoms with Gasteiger partial charge in [0.1, 0.15) is 12.1 Å². The first-order valence-corrected chi connectivity index (χ1v) is 9.07. The predicted molar refractivity (Wildman–Crippen MR) is 112 cm³/mol. The monoisotopic (exact) mass is 408 g/mol. The van der Waals surface area contributed by atoms with Crippen molar-refractivity contribution >= 4 is 28.9 Å². The molecule has 10 heteroatoms. The van der Waals surface area contributed by atoms with Crippen LogP contribution in [0, 0.1) is 10.1 Å². The third-order valence-corrected chi connectivity index (χ3v) is 4.27. The number of aromatic nitrogens is 2. The third kappa shape index (κ3) is 4.43. The number of rotatable bonds is 8. The van der Waals surface area contributed by atoms with Crippen LogP contribution in [0.1, 0.15) is 17.3 Å². The molecule has 0 fully saturated rings. The van der Waals surface area contributed by atoms with Gasteiger partial charge in [0.15, 0.2) is 0 Å². The quantitative estimate of drug-likeness (QED) is 0.430. The molecule has 0 unspecified atom stereocenters. The first-order valence-electron chi connectivity index (χ1n) is 9.07. The van der Waals surface area contributed by atoms with E-state index in [1.54, 1.807) is 29.2 Å². The number of carbonyl (C=O) groups is 1. The summed E-state index contributed by atoms with van der Waals surface area (Å²) in [5.74, 6) is 0.116. The molecule has 0 saturated heterocycles. The molecule has 154 valence electrons. The van der Waals surface area contributed by atoms with Crippen molar-refractivity contribution in [1.29, 1.82) is 0 Å². The number of methoxy groups -OCH3 is 1. The van der Waals surface area contributed by atoms with Crippen LogP contribution < -0.4 is 20.5 Å². The number of hydrazine groups is 1. The van der Waals surface area contributed by atoms with Gasteiger partial charge in [-0.25, -0.2) is 9.97 Å². The lowest BCUT2D eigenvalue weighted by Gasteiger charge is -2.22. The highest BCUT2D eigenvalue weighted by Crippen LogP contribution is 2.35. The maximum atomic E-state index is 12.4. The van der Waals surface area contributed by atoms with Gasteiger partial charge >= 0.3 is 5.69 Å². The van der Waals surface area contributed by atoms with Gasteiger partial charge in [-0.15, -0.1) is 0 Å². The number of hydrogen-bond acceptors (Lipinski definition) is 8. The highest BCUT2D eigenvalue weighted by molar-refractivity contribution is 5.95. The molecule has 3 rings (SSSR count). The summed E-state index contributed by atoms with van der Waals surface area (Å²) in [4.78, 5) is 33.3. The van der Waals surface area contributed by atoms with Gasteiger partial charge in [-0.2, -0.15) is 0 Å². The minimum absolute atomic E-state index is 0.116. The number of para-hydroxylation sites is 1. The van der Waals surface area contributed by atoms with Crippen LogP contribution in [-0.4, -0.2) is 34.5 Å². The van der Waals surface area contributed by atoms with Crippen molar-refractivity contribution in [3.05, 3.63) is 76.6 Å². The standard InChI is InChI=1S/C20H20N6O4/c1-3-25(15-7-5-4-6-8-15)19-17(26(28)29)18(21-13-22-19)23-24-20(27)14-9-11-16(30-2)12-10-14/h4-13H,3H2,1-2H3,(H,24,27)(H,21,22,23). The average molecular weight is 408 g/mol. The van der Waals surface area contributed by atoms with Crippen molar-refractivity contribution in [3.8, 4) is 5.75 Å². The Kier molecular flexibility index (Phi) is 6.38. The molecule has 30 heavy (non-hydrogen) atoms. The first kappa shape index (κ1) is 20.5. The number of benzene rings is 2. The highest BCUT2D eigenvalue weighted by Gasteiger charge is 2.27. The molecule has 0 aliphatic carbocycles. The molecule has 1 aromatic heterocycles. The molecule has 2 N–H and O–H groups in total. The maximum absolute atomic E-state index is 12.4.